The van der Waals surface area contributed by atoms with Crippen LogP contribution in [0.3, 0.4) is 0 Å². The van der Waals surface area contributed by atoms with E-state index in [9.17, 15) is 9.59 Å². The third kappa shape index (κ3) is 6.06. The van der Waals surface area contributed by atoms with Gasteiger partial charge >= 0.3 is 0 Å². The molecule has 0 atom stereocenters. The number of benzene rings is 2. The van der Waals surface area contributed by atoms with Gasteiger partial charge < -0.3 is 20.7 Å². The maximum absolute atomic E-state index is 12.9. The molecule has 0 bridgehead atoms. The van der Waals surface area contributed by atoms with Gasteiger partial charge in [-0.2, -0.15) is 4.98 Å². The van der Waals surface area contributed by atoms with E-state index in [4.69, 9.17) is 16.3 Å². The Morgan fingerprint density at radius 2 is 1.78 bits per heavy atom. The van der Waals surface area contributed by atoms with Crippen LogP contribution in [-0.2, 0) is 11.3 Å². The second-order valence-corrected chi connectivity index (χ2v) is 7.39. The highest BCUT2D eigenvalue weighted by Gasteiger charge is 2.16. The molecule has 0 aliphatic rings. The summed E-state index contributed by atoms with van der Waals surface area (Å²) in [5, 5.41) is 9.09. The summed E-state index contributed by atoms with van der Waals surface area (Å²) in [7, 11) is 1.52. The molecule has 3 rings (SSSR count). The molecule has 1 heterocycles. The summed E-state index contributed by atoms with van der Waals surface area (Å²) in [5.74, 6) is 0.332. The molecule has 0 saturated carbocycles. The molecule has 0 spiro atoms. The average Bonchev–Trinajstić information content (AvgIpc) is 2.80. The number of hydrogen-bond donors (Lipinski definition) is 3. The zero-order valence-electron chi connectivity index (χ0n) is 17.9. The zero-order chi connectivity index (χ0) is 22.9. The molecule has 0 saturated heterocycles. The van der Waals surface area contributed by atoms with Crippen LogP contribution in [0.15, 0.2) is 60.7 Å². The molecular formula is C24H25ClN4O3. The first kappa shape index (κ1) is 23.2. The molecule has 0 aliphatic carbocycles. The van der Waals surface area contributed by atoms with Crippen LogP contribution in [-0.4, -0.2) is 37.0 Å². The van der Waals surface area contributed by atoms with Crippen LogP contribution in [0.4, 0.5) is 5.82 Å². The van der Waals surface area contributed by atoms with Crippen molar-refractivity contribution in [3.8, 4) is 17.0 Å². The van der Waals surface area contributed by atoms with E-state index in [1.165, 1.54) is 14.0 Å². The van der Waals surface area contributed by atoms with Gasteiger partial charge in [-0.15, -0.1) is 0 Å². The molecule has 7 nitrogen and oxygen atoms in total. The van der Waals surface area contributed by atoms with Gasteiger partial charge in [0.1, 0.15) is 5.82 Å². The normalized spacial score (nSPS) is 10.5. The summed E-state index contributed by atoms with van der Waals surface area (Å²) in [4.78, 5) is 28.2. The van der Waals surface area contributed by atoms with E-state index < -0.39 is 0 Å². The van der Waals surface area contributed by atoms with Crippen LogP contribution in [0.5, 0.6) is 5.88 Å². The largest absolute Gasteiger partial charge is 0.481 e. The van der Waals surface area contributed by atoms with E-state index in [2.05, 4.69) is 20.9 Å². The lowest BCUT2D eigenvalue weighted by Crippen LogP contribution is -2.30. The lowest BCUT2D eigenvalue weighted by molar-refractivity contribution is -0.118. The number of rotatable bonds is 9. The van der Waals surface area contributed by atoms with Crippen LogP contribution < -0.4 is 20.7 Å². The second-order valence-electron chi connectivity index (χ2n) is 7.01. The number of hydrogen-bond acceptors (Lipinski definition) is 5. The minimum Gasteiger partial charge on any atom is -0.481 e. The SMILES string of the molecule is COc1nc(NC(=O)c2cccc(-c3ccccc3)c2Cl)ccc1CNCCNC(C)=O. The molecule has 0 unspecified atom stereocenters. The number of amides is 2. The smallest absolute Gasteiger partial charge is 0.258 e. The van der Waals surface area contributed by atoms with Crippen molar-refractivity contribution in [3.05, 3.63) is 76.8 Å². The molecule has 166 valence electrons. The van der Waals surface area contributed by atoms with E-state index in [1.807, 2.05) is 42.5 Å². The molecule has 1 aromatic heterocycles. The number of nitrogens with zero attached hydrogens (tertiary/aromatic N) is 1. The van der Waals surface area contributed by atoms with Crippen LogP contribution in [0, 0.1) is 0 Å². The molecule has 3 N–H and O–H groups in total. The van der Waals surface area contributed by atoms with Gasteiger partial charge in [-0.3, -0.25) is 9.59 Å². The van der Waals surface area contributed by atoms with Crippen LogP contribution in [0.25, 0.3) is 11.1 Å². The zero-order valence-corrected chi connectivity index (χ0v) is 18.7. The molecule has 0 radical (unpaired) electrons. The maximum atomic E-state index is 12.9. The highest BCUT2D eigenvalue weighted by molar-refractivity contribution is 6.37. The molecule has 2 aromatic carbocycles. The predicted molar refractivity (Wildman–Crippen MR) is 126 cm³/mol. The number of aromatic nitrogens is 1. The van der Waals surface area contributed by atoms with Gasteiger partial charge in [0, 0.05) is 37.7 Å². The van der Waals surface area contributed by atoms with Crippen molar-refractivity contribution in [2.75, 3.05) is 25.5 Å². The summed E-state index contributed by atoms with van der Waals surface area (Å²) in [6.07, 6.45) is 0. The molecule has 0 aliphatic heterocycles. The van der Waals surface area contributed by atoms with Gasteiger partial charge in [-0.05, 0) is 23.8 Å². The van der Waals surface area contributed by atoms with E-state index >= 15 is 0 Å². The number of halogens is 1. The Bertz CT molecular complexity index is 1090. The number of anilines is 1. The number of carbonyl (C=O) groups excluding carboxylic acids is 2. The fourth-order valence-corrected chi connectivity index (χ4v) is 3.45. The summed E-state index contributed by atoms with van der Waals surface area (Å²) in [5.41, 5.74) is 2.91. The second kappa shape index (κ2) is 11.3. The standard InChI is InChI=1S/C24H25ClN4O3/c1-16(30)27-14-13-26-15-18-11-12-21(29-24(18)32-2)28-23(31)20-10-6-9-19(22(20)25)17-7-4-3-5-8-17/h3-12,26H,13-15H2,1-2H3,(H,27,30)(H,28,29,31). The quantitative estimate of drug-likeness (QED) is 0.428. The van der Waals surface area contributed by atoms with Crippen LogP contribution >= 0.6 is 11.6 Å². The van der Waals surface area contributed by atoms with Crippen molar-refractivity contribution < 1.29 is 14.3 Å². The number of pyridine rings is 1. The highest BCUT2D eigenvalue weighted by Crippen LogP contribution is 2.31. The minimum absolute atomic E-state index is 0.0689. The van der Waals surface area contributed by atoms with E-state index in [0.717, 1.165) is 16.7 Å². The fourth-order valence-electron chi connectivity index (χ4n) is 3.13. The average molecular weight is 453 g/mol. The molecule has 8 heteroatoms. The predicted octanol–water partition coefficient (Wildman–Crippen LogP) is 3.89. The van der Waals surface area contributed by atoms with Gasteiger partial charge in [0.15, 0.2) is 0 Å². The van der Waals surface area contributed by atoms with Gasteiger partial charge in [-0.25, -0.2) is 0 Å². The Labute approximate surface area is 192 Å². The molecule has 3 aromatic rings. The third-order valence-corrected chi connectivity index (χ3v) is 5.10. The number of methoxy groups -OCH3 is 1. The Kier molecular flexibility index (Phi) is 8.19. The fraction of sp³-hybridized carbons (Fsp3) is 0.208. The van der Waals surface area contributed by atoms with Crippen molar-refractivity contribution in [1.29, 1.82) is 0 Å². The summed E-state index contributed by atoms with van der Waals surface area (Å²) >= 11 is 6.55. The summed E-state index contributed by atoms with van der Waals surface area (Å²) in [6, 6.07) is 18.5. The van der Waals surface area contributed by atoms with Gasteiger partial charge in [-0.1, -0.05) is 54.1 Å². The highest BCUT2D eigenvalue weighted by atomic mass is 35.5. The van der Waals surface area contributed by atoms with Crippen molar-refractivity contribution in [2.24, 2.45) is 0 Å². The van der Waals surface area contributed by atoms with Crippen molar-refractivity contribution in [1.82, 2.24) is 15.6 Å². The maximum Gasteiger partial charge on any atom is 0.258 e. The Hall–Kier alpha value is -3.42. The van der Waals surface area contributed by atoms with E-state index in [-0.39, 0.29) is 11.8 Å². The lowest BCUT2D eigenvalue weighted by atomic mass is 10.0. The molecular weight excluding hydrogens is 428 g/mol. The van der Waals surface area contributed by atoms with Crippen molar-refractivity contribution in [3.63, 3.8) is 0 Å². The molecule has 32 heavy (non-hydrogen) atoms. The van der Waals surface area contributed by atoms with Crippen LogP contribution in [0.2, 0.25) is 5.02 Å². The summed E-state index contributed by atoms with van der Waals surface area (Å²) in [6.45, 7) is 3.12. The van der Waals surface area contributed by atoms with Crippen LogP contribution in [0.1, 0.15) is 22.8 Å². The first-order valence-electron chi connectivity index (χ1n) is 10.1. The number of nitrogens with one attached hydrogen (secondary N) is 3. The Balaban J connectivity index is 1.69. The van der Waals surface area contributed by atoms with E-state index in [0.29, 0.717) is 41.9 Å². The topological polar surface area (TPSA) is 92.3 Å². The number of carbonyl (C=O) groups is 2. The van der Waals surface area contributed by atoms with Gasteiger partial charge in [0.25, 0.3) is 5.91 Å². The van der Waals surface area contributed by atoms with Crippen molar-refractivity contribution >= 4 is 29.2 Å². The monoisotopic (exact) mass is 452 g/mol. The molecule has 2 amide bonds. The summed E-state index contributed by atoms with van der Waals surface area (Å²) < 4.78 is 5.37. The molecule has 0 fully saturated rings. The lowest BCUT2D eigenvalue weighted by Gasteiger charge is -2.13. The first-order valence-corrected chi connectivity index (χ1v) is 10.5. The third-order valence-electron chi connectivity index (χ3n) is 4.69. The minimum atomic E-state index is -0.358. The first-order chi connectivity index (χ1) is 15.5. The van der Waals surface area contributed by atoms with Crippen molar-refractivity contribution in [2.45, 2.75) is 13.5 Å². The number of ether oxygens (including phenoxy) is 1. The Morgan fingerprint density at radius 1 is 1.00 bits per heavy atom. The Morgan fingerprint density at radius 3 is 2.50 bits per heavy atom. The van der Waals surface area contributed by atoms with Gasteiger partial charge in [0.05, 0.1) is 17.7 Å². The van der Waals surface area contributed by atoms with E-state index in [1.54, 1.807) is 18.2 Å². The van der Waals surface area contributed by atoms with Gasteiger partial charge in [0.2, 0.25) is 11.8 Å².